The maximum absolute atomic E-state index is 13.4. The van der Waals surface area contributed by atoms with E-state index in [-0.39, 0.29) is 11.4 Å². The fourth-order valence-corrected chi connectivity index (χ4v) is 3.69. The van der Waals surface area contributed by atoms with E-state index in [9.17, 15) is 9.18 Å². The number of carbonyl (C=O) groups is 1. The smallest absolute Gasteiger partial charge is 0.263 e. The van der Waals surface area contributed by atoms with Crippen molar-refractivity contribution in [3.8, 4) is 22.5 Å². The number of hydrogen-bond donors (Lipinski definition) is 1. The number of rotatable bonds is 4. The summed E-state index contributed by atoms with van der Waals surface area (Å²) >= 11 is 7.48. The first-order chi connectivity index (χ1) is 13.5. The van der Waals surface area contributed by atoms with E-state index in [1.165, 1.54) is 23.5 Å². The normalized spacial score (nSPS) is 10.8. The minimum absolute atomic E-state index is 0.288. The summed E-state index contributed by atoms with van der Waals surface area (Å²) < 4.78 is 18.6. The zero-order valence-corrected chi connectivity index (χ0v) is 16.1. The number of hydrogen-bond acceptors (Lipinski definition) is 5. The molecule has 0 aliphatic heterocycles. The van der Waals surface area contributed by atoms with Crippen LogP contribution in [0.5, 0.6) is 0 Å². The lowest BCUT2D eigenvalue weighted by Gasteiger charge is -2.04. The largest absolute Gasteiger partial charge is 0.360 e. The van der Waals surface area contributed by atoms with Gasteiger partial charge in [-0.2, -0.15) is 0 Å². The summed E-state index contributed by atoms with van der Waals surface area (Å²) in [4.78, 5) is 17.2. The SMILES string of the molecule is Cc1onc(-c2ccccc2Cl)c1C(=O)Nc1nc(-c2cccc(F)c2)cs1. The molecule has 5 nitrogen and oxygen atoms in total. The molecule has 0 aliphatic rings. The van der Waals surface area contributed by atoms with Crippen LogP contribution in [0.1, 0.15) is 16.1 Å². The molecule has 4 rings (SSSR count). The van der Waals surface area contributed by atoms with E-state index in [0.29, 0.717) is 38.4 Å². The highest BCUT2D eigenvalue weighted by molar-refractivity contribution is 7.14. The first-order valence-corrected chi connectivity index (χ1v) is 9.52. The number of halogens is 2. The lowest BCUT2D eigenvalue weighted by molar-refractivity contribution is 0.102. The van der Waals surface area contributed by atoms with E-state index < -0.39 is 5.91 Å². The zero-order chi connectivity index (χ0) is 19.7. The molecule has 2 aromatic heterocycles. The molecule has 0 radical (unpaired) electrons. The number of nitrogens with one attached hydrogen (secondary N) is 1. The van der Waals surface area contributed by atoms with Crippen LogP contribution < -0.4 is 5.32 Å². The maximum Gasteiger partial charge on any atom is 0.263 e. The quantitative estimate of drug-likeness (QED) is 0.457. The van der Waals surface area contributed by atoms with Crippen LogP contribution in [0, 0.1) is 12.7 Å². The van der Waals surface area contributed by atoms with Crippen LogP contribution in [0.4, 0.5) is 9.52 Å². The monoisotopic (exact) mass is 413 g/mol. The van der Waals surface area contributed by atoms with Crippen LogP contribution in [0.2, 0.25) is 5.02 Å². The van der Waals surface area contributed by atoms with Crippen molar-refractivity contribution < 1.29 is 13.7 Å². The Hall–Kier alpha value is -3.03. The molecule has 0 saturated heterocycles. The molecule has 8 heteroatoms. The third-order valence-corrected chi connectivity index (χ3v) is 5.15. The zero-order valence-electron chi connectivity index (χ0n) is 14.6. The average molecular weight is 414 g/mol. The van der Waals surface area contributed by atoms with Gasteiger partial charge in [0.05, 0.1) is 10.7 Å². The molecule has 1 N–H and O–H groups in total. The van der Waals surface area contributed by atoms with Gasteiger partial charge in [-0.1, -0.05) is 47.1 Å². The number of aryl methyl sites for hydroxylation is 1. The minimum Gasteiger partial charge on any atom is -0.360 e. The van der Waals surface area contributed by atoms with Gasteiger partial charge in [0.15, 0.2) is 5.13 Å². The summed E-state index contributed by atoms with van der Waals surface area (Å²) in [5, 5.41) is 9.34. The molecule has 28 heavy (non-hydrogen) atoms. The van der Waals surface area contributed by atoms with E-state index in [0.717, 1.165) is 0 Å². The number of anilines is 1. The van der Waals surface area contributed by atoms with E-state index >= 15 is 0 Å². The minimum atomic E-state index is -0.409. The van der Waals surface area contributed by atoms with Crippen molar-refractivity contribution in [1.82, 2.24) is 10.1 Å². The second kappa shape index (κ2) is 7.53. The first kappa shape index (κ1) is 18.3. The third kappa shape index (κ3) is 3.54. The highest BCUT2D eigenvalue weighted by Gasteiger charge is 2.23. The molecule has 0 spiro atoms. The molecular weight excluding hydrogens is 401 g/mol. The van der Waals surface area contributed by atoms with Gasteiger partial charge in [-0.15, -0.1) is 11.3 Å². The summed E-state index contributed by atoms with van der Waals surface area (Å²) in [5.74, 6) is -0.385. The van der Waals surface area contributed by atoms with Gasteiger partial charge >= 0.3 is 0 Å². The van der Waals surface area contributed by atoms with Gasteiger partial charge < -0.3 is 4.52 Å². The van der Waals surface area contributed by atoms with Crippen LogP contribution in [-0.2, 0) is 0 Å². The van der Waals surface area contributed by atoms with Crippen molar-refractivity contribution in [2.45, 2.75) is 6.92 Å². The van der Waals surface area contributed by atoms with Crippen molar-refractivity contribution in [3.05, 3.63) is 76.1 Å². The van der Waals surface area contributed by atoms with Crippen LogP contribution in [0.3, 0.4) is 0 Å². The molecule has 1 amide bonds. The highest BCUT2D eigenvalue weighted by Crippen LogP contribution is 2.32. The average Bonchev–Trinajstić information content (AvgIpc) is 3.29. The summed E-state index contributed by atoms with van der Waals surface area (Å²) in [6.07, 6.45) is 0. The highest BCUT2D eigenvalue weighted by atomic mass is 35.5. The molecule has 0 fully saturated rings. The van der Waals surface area contributed by atoms with Gasteiger partial charge in [-0.3, -0.25) is 10.1 Å². The number of benzene rings is 2. The van der Waals surface area contributed by atoms with Crippen LogP contribution >= 0.6 is 22.9 Å². The Morgan fingerprint density at radius 1 is 1.21 bits per heavy atom. The lowest BCUT2D eigenvalue weighted by atomic mass is 10.1. The fourth-order valence-electron chi connectivity index (χ4n) is 2.75. The standard InChI is InChI=1S/C20H13ClFN3O2S/c1-11-17(18(25-27-11)14-7-2-3-8-15(14)21)19(26)24-20-23-16(10-28-20)12-5-4-6-13(22)9-12/h2-10H,1H3,(H,23,24,26). The Bertz CT molecular complexity index is 1170. The third-order valence-electron chi connectivity index (χ3n) is 4.06. The number of thiazole rings is 1. The number of aromatic nitrogens is 2. The molecule has 0 saturated carbocycles. The fraction of sp³-hybridized carbons (Fsp3) is 0.0500. The van der Waals surface area contributed by atoms with Crippen LogP contribution in [-0.4, -0.2) is 16.0 Å². The van der Waals surface area contributed by atoms with Gasteiger partial charge in [0.25, 0.3) is 5.91 Å². The van der Waals surface area contributed by atoms with Crippen molar-refractivity contribution in [2.24, 2.45) is 0 Å². The number of nitrogens with zero attached hydrogens (tertiary/aromatic N) is 2. The summed E-state index contributed by atoms with van der Waals surface area (Å²) in [6, 6.07) is 13.2. The van der Waals surface area contributed by atoms with Gasteiger partial charge in [0.2, 0.25) is 0 Å². The Morgan fingerprint density at radius 3 is 2.82 bits per heavy atom. The van der Waals surface area contributed by atoms with E-state index in [4.69, 9.17) is 16.1 Å². The predicted octanol–water partition coefficient (Wildman–Crippen LogP) is 5.82. The second-order valence-electron chi connectivity index (χ2n) is 5.94. The molecule has 2 aromatic carbocycles. The van der Waals surface area contributed by atoms with E-state index in [2.05, 4.69) is 15.5 Å². The Labute approximate surface area is 168 Å². The Kier molecular flexibility index (Phi) is 4.93. The van der Waals surface area contributed by atoms with Gasteiger partial charge in [-0.25, -0.2) is 9.37 Å². The van der Waals surface area contributed by atoms with Gasteiger partial charge in [-0.05, 0) is 25.1 Å². The summed E-state index contributed by atoms with van der Waals surface area (Å²) in [6.45, 7) is 1.66. The van der Waals surface area contributed by atoms with Gasteiger partial charge in [0, 0.05) is 16.5 Å². The van der Waals surface area contributed by atoms with E-state index in [1.54, 1.807) is 48.7 Å². The predicted molar refractivity (Wildman–Crippen MR) is 107 cm³/mol. The number of carbonyl (C=O) groups excluding carboxylic acids is 1. The van der Waals surface area contributed by atoms with Crippen molar-refractivity contribution >= 4 is 34.0 Å². The molecule has 0 bridgehead atoms. The topological polar surface area (TPSA) is 68.0 Å². The Morgan fingerprint density at radius 2 is 2.04 bits per heavy atom. The molecule has 140 valence electrons. The number of amides is 1. The first-order valence-electron chi connectivity index (χ1n) is 8.27. The molecule has 4 aromatic rings. The maximum atomic E-state index is 13.4. The molecule has 0 unspecified atom stereocenters. The van der Waals surface area contributed by atoms with Crippen molar-refractivity contribution in [3.63, 3.8) is 0 Å². The Balaban J connectivity index is 1.62. The van der Waals surface area contributed by atoms with E-state index in [1.807, 2.05) is 0 Å². The molecule has 2 heterocycles. The van der Waals surface area contributed by atoms with Crippen molar-refractivity contribution in [2.75, 3.05) is 5.32 Å². The van der Waals surface area contributed by atoms with Crippen LogP contribution in [0.25, 0.3) is 22.5 Å². The lowest BCUT2D eigenvalue weighted by Crippen LogP contribution is -2.13. The molecule has 0 aliphatic carbocycles. The summed E-state index contributed by atoms with van der Waals surface area (Å²) in [5.41, 5.74) is 2.46. The second-order valence-corrected chi connectivity index (χ2v) is 7.21. The molecular formula is C20H13ClFN3O2S. The van der Waals surface area contributed by atoms with Gasteiger partial charge in [0.1, 0.15) is 22.8 Å². The van der Waals surface area contributed by atoms with Crippen molar-refractivity contribution in [1.29, 1.82) is 0 Å². The summed E-state index contributed by atoms with van der Waals surface area (Å²) in [7, 11) is 0. The molecule has 0 atom stereocenters. The van der Waals surface area contributed by atoms with Crippen LogP contribution in [0.15, 0.2) is 58.4 Å².